The van der Waals surface area contributed by atoms with Crippen LogP contribution in [-0.4, -0.2) is 17.0 Å². The summed E-state index contributed by atoms with van der Waals surface area (Å²) in [6.45, 7) is 3.83. The van der Waals surface area contributed by atoms with Crippen LogP contribution in [0.25, 0.3) is 0 Å². The number of hydrogen-bond donors (Lipinski definition) is 3. The van der Waals surface area contributed by atoms with Gasteiger partial charge in [0.05, 0.1) is 0 Å². The zero-order chi connectivity index (χ0) is 12.8. The number of hydrogen-bond acceptors (Lipinski definition) is 3. The summed E-state index contributed by atoms with van der Waals surface area (Å²) in [5.41, 5.74) is 7.69. The number of nitrogens with zero attached hydrogens (tertiary/aromatic N) is 1. The fourth-order valence-corrected chi connectivity index (χ4v) is 1.41. The van der Waals surface area contributed by atoms with Crippen LogP contribution in [0.15, 0.2) is 23.4 Å². The van der Waals surface area contributed by atoms with E-state index in [1.165, 1.54) is 0 Å². The lowest BCUT2D eigenvalue weighted by Crippen LogP contribution is -2.15. The highest BCUT2D eigenvalue weighted by Gasteiger charge is 2.06. The molecule has 0 saturated carbocycles. The van der Waals surface area contributed by atoms with Gasteiger partial charge in [-0.2, -0.15) is 0 Å². The average Bonchev–Trinajstić information content (AvgIpc) is 2.31. The third-order valence-electron chi connectivity index (χ3n) is 2.39. The molecule has 0 radical (unpaired) electrons. The molecule has 1 aromatic carbocycles. The fraction of sp³-hybridized carbons (Fsp3) is 0.333. The van der Waals surface area contributed by atoms with E-state index in [1.807, 2.05) is 19.9 Å². The van der Waals surface area contributed by atoms with Crippen molar-refractivity contribution >= 4 is 17.4 Å². The van der Waals surface area contributed by atoms with Gasteiger partial charge in [0.15, 0.2) is 5.84 Å². The maximum Gasteiger partial charge on any atom is 0.224 e. The topological polar surface area (TPSA) is 87.7 Å². The maximum atomic E-state index is 11.5. The van der Waals surface area contributed by atoms with E-state index < -0.39 is 0 Å². The number of amides is 1. The molecule has 1 rings (SSSR count). The minimum absolute atomic E-state index is 0.0241. The highest BCUT2D eigenvalue weighted by atomic mass is 16.4. The summed E-state index contributed by atoms with van der Waals surface area (Å²) in [7, 11) is 0. The molecular weight excluding hydrogens is 218 g/mol. The molecule has 0 spiro atoms. The van der Waals surface area contributed by atoms with Gasteiger partial charge in [0.2, 0.25) is 5.91 Å². The summed E-state index contributed by atoms with van der Waals surface area (Å²) in [5.74, 6) is -0.0109. The van der Waals surface area contributed by atoms with Crippen molar-refractivity contribution in [3.05, 3.63) is 29.3 Å². The lowest BCUT2D eigenvalue weighted by molar-refractivity contribution is -0.116. The van der Waals surface area contributed by atoms with E-state index in [0.29, 0.717) is 17.7 Å². The summed E-state index contributed by atoms with van der Waals surface area (Å²) in [4.78, 5) is 11.5. The van der Waals surface area contributed by atoms with Gasteiger partial charge in [-0.05, 0) is 25.0 Å². The molecule has 0 fully saturated rings. The highest BCUT2D eigenvalue weighted by Crippen LogP contribution is 2.17. The van der Waals surface area contributed by atoms with E-state index in [0.717, 1.165) is 12.0 Å². The van der Waals surface area contributed by atoms with Crippen LogP contribution in [0.5, 0.6) is 0 Å². The molecule has 0 unspecified atom stereocenters. The van der Waals surface area contributed by atoms with E-state index in [9.17, 15) is 4.79 Å². The van der Waals surface area contributed by atoms with Gasteiger partial charge in [-0.3, -0.25) is 4.79 Å². The second-order valence-corrected chi connectivity index (χ2v) is 3.81. The Hall–Kier alpha value is -2.04. The molecule has 0 heterocycles. The van der Waals surface area contributed by atoms with Crippen LogP contribution in [0, 0.1) is 6.92 Å². The summed E-state index contributed by atoms with van der Waals surface area (Å²) < 4.78 is 0. The number of carbonyl (C=O) groups excluding carboxylic acids is 1. The quantitative estimate of drug-likeness (QED) is 0.322. The van der Waals surface area contributed by atoms with E-state index in [-0.39, 0.29) is 11.7 Å². The number of rotatable bonds is 4. The summed E-state index contributed by atoms with van der Waals surface area (Å²) in [6.07, 6.45) is 1.28. The van der Waals surface area contributed by atoms with Gasteiger partial charge in [-0.1, -0.05) is 24.2 Å². The number of carbonyl (C=O) groups is 1. The Balaban J connectivity index is 2.95. The molecule has 4 N–H and O–H groups in total. The third kappa shape index (κ3) is 3.48. The molecule has 1 aromatic rings. The Morgan fingerprint density at radius 2 is 2.24 bits per heavy atom. The number of anilines is 1. The van der Waals surface area contributed by atoms with E-state index >= 15 is 0 Å². The first-order valence-corrected chi connectivity index (χ1v) is 5.47. The standard InChI is InChI=1S/C12H17N3O2/c1-3-4-11(16)14-10-7-9(12(13)15-17)6-5-8(10)2/h5-7,17H,3-4H2,1-2H3,(H2,13,15)(H,14,16). The second kappa shape index (κ2) is 5.89. The molecule has 17 heavy (non-hydrogen) atoms. The summed E-state index contributed by atoms with van der Waals surface area (Å²) in [6, 6.07) is 5.24. The van der Waals surface area contributed by atoms with Crippen molar-refractivity contribution < 1.29 is 10.0 Å². The molecule has 92 valence electrons. The zero-order valence-electron chi connectivity index (χ0n) is 10.0. The number of oxime groups is 1. The minimum atomic E-state index is -0.0349. The first-order chi connectivity index (χ1) is 8.08. The SMILES string of the molecule is CCCC(=O)Nc1cc(C(N)=NO)ccc1C. The number of amidine groups is 1. The van der Waals surface area contributed by atoms with Gasteiger partial charge in [0, 0.05) is 17.7 Å². The van der Waals surface area contributed by atoms with Gasteiger partial charge in [0.1, 0.15) is 0 Å². The predicted octanol–water partition coefficient (Wildman–Crippen LogP) is 1.83. The summed E-state index contributed by atoms with van der Waals surface area (Å²) in [5, 5.41) is 14.3. The molecule has 0 atom stereocenters. The van der Waals surface area contributed by atoms with Crippen LogP contribution in [0.4, 0.5) is 5.69 Å². The minimum Gasteiger partial charge on any atom is -0.409 e. The molecule has 0 aliphatic heterocycles. The number of benzene rings is 1. The first-order valence-electron chi connectivity index (χ1n) is 5.47. The van der Waals surface area contributed by atoms with Crippen molar-refractivity contribution in [2.45, 2.75) is 26.7 Å². The Morgan fingerprint density at radius 3 is 2.82 bits per heavy atom. The highest BCUT2D eigenvalue weighted by molar-refractivity contribution is 5.99. The third-order valence-corrected chi connectivity index (χ3v) is 2.39. The van der Waals surface area contributed by atoms with Crippen LogP contribution in [0.3, 0.4) is 0 Å². The van der Waals surface area contributed by atoms with Crippen molar-refractivity contribution in [1.29, 1.82) is 0 Å². The van der Waals surface area contributed by atoms with Crippen molar-refractivity contribution in [2.24, 2.45) is 10.9 Å². The molecule has 0 aromatic heterocycles. The van der Waals surface area contributed by atoms with E-state index in [4.69, 9.17) is 10.9 Å². The fourth-order valence-electron chi connectivity index (χ4n) is 1.41. The van der Waals surface area contributed by atoms with Gasteiger partial charge in [0.25, 0.3) is 0 Å². The number of nitrogens with two attached hydrogens (primary N) is 1. The van der Waals surface area contributed by atoms with Crippen LogP contribution in [0.2, 0.25) is 0 Å². The predicted molar refractivity (Wildman–Crippen MR) is 67.2 cm³/mol. The lowest BCUT2D eigenvalue weighted by atomic mass is 10.1. The molecule has 0 aliphatic carbocycles. The number of nitrogens with one attached hydrogen (secondary N) is 1. The smallest absolute Gasteiger partial charge is 0.224 e. The Labute approximate surface area is 100 Å². The first kappa shape index (κ1) is 13.0. The Morgan fingerprint density at radius 1 is 1.53 bits per heavy atom. The molecule has 5 heteroatoms. The molecule has 5 nitrogen and oxygen atoms in total. The van der Waals surface area contributed by atoms with Crippen molar-refractivity contribution in [2.75, 3.05) is 5.32 Å². The van der Waals surface area contributed by atoms with Crippen LogP contribution >= 0.6 is 0 Å². The van der Waals surface area contributed by atoms with Crippen LogP contribution in [0.1, 0.15) is 30.9 Å². The number of aryl methyl sites for hydroxylation is 1. The molecule has 0 bridgehead atoms. The van der Waals surface area contributed by atoms with Gasteiger partial charge in [-0.25, -0.2) is 0 Å². The average molecular weight is 235 g/mol. The molecule has 0 aliphatic rings. The van der Waals surface area contributed by atoms with Crippen LogP contribution < -0.4 is 11.1 Å². The zero-order valence-corrected chi connectivity index (χ0v) is 10.0. The van der Waals surface area contributed by atoms with E-state index in [2.05, 4.69) is 10.5 Å². The summed E-state index contributed by atoms with van der Waals surface area (Å²) >= 11 is 0. The van der Waals surface area contributed by atoms with Gasteiger partial charge >= 0.3 is 0 Å². The maximum absolute atomic E-state index is 11.5. The van der Waals surface area contributed by atoms with Crippen molar-refractivity contribution in [3.8, 4) is 0 Å². The normalized spacial score (nSPS) is 11.3. The van der Waals surface area contributed by atoms with Crippen molar-refractivity contribution in [1.82, 2.24) is 0 Å². The van der Waals surface area contributed by atoms with Crippen LogP contribution in [-0.2, 0) is 4.79 Å². The van der Waals surface area contributed by atoms with Gasteiger partial charge in [-0.15, -0.1) is 0 Å². The second-order valence-electron chi connectivity index (χ2n) is 3.81. The van der Waals surface area contributed by atoms with E-state index in [1.54, 1.807) is 12.1 Å². The van der Waals surface area contributed by atoms with Gasteiger partial charge < -0.3 is 16.3 Å². The largest absolute Gasteiger partial charge is 0.409 e. The molecule has 1 amide bonds. The molecular formula is C12H17N3O2. The Bertz CT molecular complexity index is 441. The monoisotopic (exact) mass is 235 g/mol. The Kier molecular flexibility index (Phi) is 4.51. The molecule has 0 saturated heterocycles. The van der Waals surface area contributed by atoms with Crippen molar-refractivity contribution in [3.63, 3.8) is 0 Å². The lowest BCUT2D eigenvalue weighted by Gasteiger charge is -2.09.